The average molecular weight is 164 g/mol. The molecule has 0 heterocycles. The fourth-order valence-corrected chi connectivity index (χ4v) is 2.87. The second kappa shape index (κ2) is 2.90. The maximum Gasteiger partial charge on any atom is -0.0297 e. The molecule has 0 nitrogen and oxygen atoms in total. The standard InChI is InChI=1S/C12H20/c1-10-4-6-11(7-5-10)12(2)8-3-9-12/h11H,1,3-9H2,2H3. The summed E-state index contributed by atoms with van der Waals surface area (Å²) in [5, 5.41) is 0. The van der Waals surface area contributed by atoms with Crippen LogP contribution in [0, 0.1) is 11.3 Å². The molecular weight excluding hydrogens is 144 g/mol. The van der Waals surface area contributed by atoms with Crippen LogP contribution in [0.2, 0.25) is 0 Å². The largest absolute Gasteiger partial charge is 0.0999 e. The molecule has 0 aromatic rings. The predicted octanol–water partition coefficient (Wildman–Crippen LogP) is 3.92. The van der Waals surface area contributed by atoms with Gasteiger partial charge in [-0.1, -0.05) is 25.5 Å². The van der Waals surface area contributed by atoms with Crippen molar-refractivity contribution in [2.45, 2.75) is 51.9 Å². The van der Waals surface area contributed by atoms with Crippen LogP contribution >= 0.6 is 0 Å². The molecular formula is C12H20. The molecule has 0 unspecified atom stereocenters. The second-order valence-corrected chi connectivity index (χ2v) is 5.03. The first-order chi connectivity index (χ1) is 5.71. The van der Waals surface area contributed by atoms with Gasteiger partial charge in [0.15, 0.2) is 0 Å². The highest BCUT2D eigenvalue weighted by Crippen LogP contribution is 2.51. The van der Waals surface area contributed by atoms with Crippen molar-refractivity contribution in [3.8, 4) is 0 Å². The summed E-state index contributed by atoms with van der Waals surface area (Å²) in [7, 11) is 0. The first-order valence-corrected chi connectivity index (χ1v) is 5.37. The van der Waals surface area contributed by atoms with Crippen molar-refractivity contribution in [1.82, 2.24) is 0 Å². The molecule has 68 valence electrons. The molecule has 12 heavy (non-hydrogen) atoms. The SMILES string of the molecule is C=C1CCC(C2(C)CCC2)CC1. The summed E-state index contributed by atoms with van der Waals surface area (Å²) in [4.78, 5) is 0. The van der Waals surface area contributed by atoms with Gasteiger partial charge in [-0.15, -0.1) is 0 Å². The van der Waals surface area contributed by atoms with Gasteiger partial charge in [0, 0.05) is 0 Å². The van der Waals surface area contributed by atoms with Crippen LogP contribution in [0.3, 0.4) is 0 Å². The van der Waals surface area contributed by atoms with Gasteiger partial charge in [0.25, 0.3) is 0 Å². The first-order valence-electron chi connectivity index (χ1n) is 5.37. The predicted molar refractivity (Wildman–Crippen MR) is 53.1 cm³/mol. The van der Waals surface area contributed by atoms with Crippen LogP contribution in [0.5, 0.6) is 0 Å². The van der Waals surface area contributed by atoms with Crippen LogP contribution in [0.4, 0.5) is 0 Å². The number of allylic oxidation sites excluding steroid dienone is 1. The van der Waals surface area contributed by atoms with E-state index in [-0.39, 0.29) is 0 Å². The lowest BCUT2D eigenvalue weighted by atomic mass is 9.58. The minimum absolute atomic E-state index is 0.737. The average Bonchev–Trinajstić information content (AvgIpc) is 2.02. The van der Waals surface area contributed by atoms with Crippen molar-refractivity contribution in [2.75, 3.05) is 0 Å². The van der Waals surface area contributed by atoms with E-state index in [1.807, 2.05) is 0 Å². The molecule has 0 bridgehead atoms. The van der Waals surface area contributed by atoms with Crippen LogP contribution < -0.4 is 0 Å². The zero-order chi connectivity index (χ0) is 8.60. The van der Waals surface area contributed by atoms with Crippen LogP contribution in [0.15, 0.2) is 12.2 Å². The van der Waals surface area contributed by atoms with Crippen molar-refractivity contribution in [1.29, 1.82) is 0 Å². The highest BCUT2D eigenvalue weighted by atomic mass is 14.4. The lowest BCUT2D eigenvalue weighted by Crippen LogP contribution is -2.35. The molecule has 0 aromatic heterocycles. The monoisotopic (exact) mass is 164 g/mol. The zero-order valence-corrected chi connectivity index (χ0v) is 8.23. The molecule has 0 aliphatic heterocycles. The Labute approximate surface area is 76.1 Å². The molecule has 0 heteroatoms. The fourth-order valence-electron chi connectivity index (χ4n) is 2.87. The molecule has 0 spiro atoms. The van der Waals surface area contributed by atoms with Crippen molar-refractivity contribution >= 4 is 0 Å². The van der Waals surface area contributed by atoms with E-state index < -0.39 is 0 Å². The Balaban J connectivity index is 1.92. The fraction of sp³-hybridized carbons (Fsp3) is 0.833. The van der Waals surface area contributed by atoms with Crippen LogP contribution in [0.1, 0.15) is 51.9 Å². The Morgan fingerprint density at radius 3 is 2.25 bits per heavy atom. The summed E-state index contributed by atoms with van der Waals surface area (Å²) in [5.41, 5.74) is 2.23. The number of hydrogen-bond donors (Lipinski definition) is 0. The molecule has 0 radical (unpaired) electrons. The summed E-state index contributed by atoms with van der Waals surface area (Å²) in [6, 6.07) is 0. The third kappa shape index (κ3) is 1.32. The first kappa shape index (κ1) is 8.34. The summed E-state index contributed by atoms with van der Waals surface area (Å²) in [6.45, 7) is 6.57. The summed E-state index contributed by atoms with van der Waals surface area (Å²) in [6.07, 6.45) is 9.92. The third-order valence-corrected chi connectivity index (χ3v) is 4.17. The molecule has 0 amide bonds. The van der Waals surface area contributed by atoms with Crippen molar-refractivity contribution in [3.05, 3.63) is 12.2 Å². The maximum atomic E-state index is 4.07. The molecule has 0 atom stereocenters. The van der Waals surface area contributed by atoms with Crippen molar-refractivity contribution < 1.29 is 0 Å². The second-order valence-electron chi connectivity index (χ2n) is 5.03. The molecule has 2 fully saturated rings. The van der Waals surface area contributed by atoms with E-state index in [0.29, 0.717) is 0 Å². The van der Waals surface area contributed by atoms with E-state index >= 15 is 0 Å². The van der Waals surface area contributed by atoms with E-state index in [2.05, 4.69) is 13.5 Å². The quantitative estimate of drug-likeness (QED) is 0.515. The molecule has 2 saturated carbocycles. The van der Waals surface area contributed by atoms with Gasteiger partial charge in [0.1, 0.15) is 0 Å². The zero-order valence-electron chi connectivity index (χ0n) is 8.23. The molecule has 2 rings (SSSR count). The van der Waals surface area contributed by atoms with Crippen LogP contribution in [-0.2, 0) is 0 Å². The van der Waals surface area contributed by atoms with Crippen molar-refractivity contribution in [3.63, 3.8) is 0 Å². The Morgan fingerprint density at radius 2 is 1.83 bits per heavy atom. The topological polar surface area (TPSA) is 0 Å². The van der Waals surface area contributed by atoms with E-state index in [1.165, 1.54) is 50.5 Å². The molecule has 2 aliphatic carbocycles. The Morgan fingerprint density at radius 1 is 1.25 bits per heavy atom. The summed E-state index contributed by atoms with van der Waals surface area (Å²) < 4.78 is 0. The van der Waals surface area contributed by atoms with E-state index in [0.717, 1.165) is 11.3 Å². The lowest BCUT2D eigenvalue weighted by Gasteiger charge is -2.47. The van der Waals surface area contributed by atoms with Gasteiger partial charge in [0.2, 0.25) is 0 Å². The van der Waals surface area contributed by atoms with Gasteiger partial charge in [-0.25, -0.2) is 0 Å². The van der Waals surface area contributed by atoms with Crippen LogP contribution in [-0.4, -0.2) is 0 Å². The summed E-state index contributed by atoms with van der Waals surface area (Å²) in [5.74, 6) is 1.02. The van der Waals surface area contributed by atoms with Gasteiger partial charge < -0.3 is 0 Å². The normalized spacial score (nSPS) is 29.9. The highest BCUT2D eigenvalue weighted by molar-refractivity contribution is 5.02. The lowest BCUT2D eigenvalue weighted by molar-refractivity contribution is 0.0535. The Hall–Kier alpha value is -0.260. The Bertz CT molecular complexity index is 176. The Kier molecular flexibility index (Phi) is 2.02. The van der Waals surface area contributed by atoms with Crippen molar-refractivity contribution in [2.24, 2.45) is 11.3 Å². The molecule has 2 aliphatic rings. The minimum atomic E-state index is 0.737. The van der Waals surface area contributed by atoms with Gasteiger partial charge in [-0.2, -0.15) is 0 Å². The third-order valence-electron chi connectivity index (χ3n) is 4.17. The number of hydrogen-bond acceptors (Lipinski definition) is 0. The highest BCUT2D eigenvalue weighted by Gasteiger charge is 2.39. The maximum absolute atomic E-state index is 4.07. The summed E-state index contributed by atoms with van der Waals surface area (Å²) >= 11 is 0. The molecule has 0 saturated heterocycles. The van der Waals surface area contributed by atoms with Gasteiger partial charge in [-0.3, -0.25) is 0 Å². The molecule has 0 aromatic carbocycles. The van der Waals surface area contributed by atoms with Gasteiger partial charge in [0.05, 0.1) is 0 Å². The van der Waals surface area contributed by atoms with E-state index in [9.17, 15) is 0 Å². The van der Waals surface area contributed by atoms with Gasteiger partial charge >= 0.3 is 0 Å². The number of rotatable bonds is 1. The molecule has 0 N–H and O–H groups in total. The van der Waals surface area contributed by atoms with E-state index in [1.54, 1.807) is 0 Å². The van der Waals surface area contributed by atoms with E-state index in [4.69, 9.17) is 0 Å². The minimum Gasteiger partial charge on any atom is -0.0999 e. The smallest absolute Gasteiger partial charge is 0.0297 e. The van der Waals surface area contributed by atoms with Crippen LogP contribution in [0.25, 0.3) is 0 Å². The van der Waals surface area contributed by atoms with Gasteiger partial charge in [-0.05, 0) is 49.9 Å².